The summed E-state index contributed by atoms with van der Waals surface area (Å²) in [6.07, 6.45) is 5.49. The number of carbonyl (C=O) groups excluding carboxylic acids is 1. The molecule has 4 heteroatoms. The summed E-state index contributed by atoms with van der Waals surface area (Å²) in [7, 11) is 0. The van der Waals surface area contributed by atoms with E-state index < -0.39 is 0 Å². The molecule has 1 aliphatic rings. The van der Waals surface area contributed by atoms with Crippen LogP contribution in [0.5, 0.6) is 5.75 Å². The van der Waals surface area contributed by atoms with Crippen molar-refractivity contribution in [1.82, 2.24) is 4.90 Å². The van der Waals surface area contributed by atoms with Crippen molar-refractivity contribution in [2.75, 3.05) is 12.3 Å². The number of aromatic hydroxyl groups is 1. The molecular formula is C15H22N2O2. The quantitative estimate of drug-likeness (QED) is 0.636. The molecule has 1 heterocycles. The van der Waals surface area contributed by atoms with E-state index in [4.69, 9.17) is 5.73 Å². The number of phenols is 1. The summed E-state index contributed by atoms with van der Waals surface area (Å²) < 4.78 is 0. The molecular weight excluding hydrogens is 240 g/mol. The highest BCUT2D eigenvalue weighted by molar-refractivity contribution is 5.95. The molecule has 104 valence electrons. The van der Waals surface area contributed by atoms with E-state index in [-0.39, 0.29) is 11.7 Å². The molecule has 4 nitrogen and oxygen atoms in total. The number of hydrogen-bond acceptors (Lipinski definition) is 3. The van der Waals surface area contributed by atoms with Crippen LogP contribution in [0.2, 0.25) is 0 Å². The summed E-state index contributed by atoms with van der Waals surface area (Å²) in [4.78, 5) is 14.5. The molecule has 1 fully saturated rings. The monoisotopic (exact) mass is 262 g/mol. The first-order chi connectivity index (χ1) is 9.13. The second-order valence-electron chi connectivity index (χ2n) is 5.18. The van der Waals surface area contributed by atoms with Gasteiger partial charge in [-0.05, 0) is 37.5 Å². The van der Waals surface area contributed by atoms with E-state index in [0.717, 1.165) is 25.8 Å². The number of hydrogen-bond donors (Lipinski definition) is 2. The Labute approximate surface area is 114 Å². The molecule has 0 bridgehead atoms. The molecule has 0 saturated carbocycles. The number of phenolic OH excluding ortho intramolecular Hbond substituents is 1. The van der Waals surface area contributed by atoms with Crippen LogP contribution >= 0.6 is 0 Å². The van der Waals surface area contributed by atoms with E-state index in [0.29, 0.717) is 17.3 Å². The fraction of sp³-hybridized carbons (Fsp3) is 0.533. The second kappa shape index (κ2) is 5.95. The SMILES string of the molecule is CCC1CCCCCN1C(=O)c1ccc(N)c(O)c1. The van der Waals surface area contributed by atoms with Gasteiger partial charge in [0.25, 0.3) is 5.91 Å². The number of nitrogens with zero attached hydrogens (tertiary/aromatic N) is 1. The Kier molecular flexibility index (Phi) is 4.30. The van der Waals surface area contributed by atoms with Crippen LogP contribution in [0.3, 0.4) is 0 Å². The first-order valence-electron chi connectivity index (χ1n) is 7.03. The normalized spacial score (nSPS) is 20.1. The van der Waals surface area contributed by atoms with Crippen LogP contribution < -0.4 is 5.73 Å². The van der Waals surface area contributed by atoms with Gasteiger partial charge >= 0.3 is 0 Å². The second-order valence-corrected chi connectivity index (χ2v) is 5.18. The summed E-state index contributed by atoms with van der Waals surface area (Å²) in [5.41, 5.74) is 6.40. The van der Waals surface area contributed by atoms with Gasteiger partial charge in [-0.1, -0.05) is 19.8 Å². The molecule has 0 aromatic heterocycles. The standard InChI is InChI=1S/C15H22N2O2/c1-2-12-6-4-3-5-9-17(12)15(19)11-7-8-13(16)14(18)10-11/h7-8,10,12,18H,2-6,9,16H2,1H3. The first kappa shape index (κ1) is 13.7. The Bertz CT molecular complexity index is 459. The van der Waals surface area contributed by atoms with Gasteiger partial charge in [0.1, 0.15) is 5.75 Å². The third-order valence-electron chi connectivity index (χ3n) is 3.89. The van der Waals surface area contributed by atoms with E-state index in [9.17, 15) is 9.90 Å². The number of benzene rings is 1. The molecule has 19 heavy (non-hydrogen) atoms. The van der Waals surface area contributed by atoms with Gasteiger partial charge in [-0.15, -0.1) is 0 Å². The van der Waals surface area contributed by atoms with Crippen molar-refractivity contribution in [2.24, 2.45) is 0 Å². The molecule has 2 rings (SSSR count). The fourth-order valence-corrected chi connectivity index (χ4v) is 2.71. The Morgan fingerprint density at radius 1 is 1.42 bits per heavy atom. The zero-order valence-electron chi connectivity index (χ0n) is 11.4. The highest BCUT2D eigenvalue weighted by Gasteiger charge is 2.25. The predicted molar refractivity (Wildman–Crippen MR) is 76.1 cm³/mol. The summed E-state index contributed by atoms with van der Waals surface area (Å²) in [5.74, 6) is -0.0160. The average molecular weight is 262 g/mol. The van der Waals surface area contributed by atoms with Gasteiger partial charge < -0.3 is 15.7 Å². The minimum atomic E-state index is -0.0197. The van der Waals surface area contributed by atoms with E-state index in [1.807, 2.05) is 4.90 Å². The van der Waals surface area contributed by atoms with E-state index in [2.05, 4.69) is 6.92 Å². The molecule has 1 aromatic rings. The molecule has 1 amide bonds. The number of likely N-dealkylation sites (tertiary alicyclic amines) is 1. The van der Waals surface area contributed by atoms with Crippen molar-refractivity contribution in [3.05, 3.63) is 23.8 Å². The molecule has 0 aliphatic carbocycles. The highest BCUT2D eigenvalue weighted by atomic mass is 16.3. The Balaban J connectivity index is 2.22. The van der Waals surface area contributed by atoms with Gasteiger partial charge in [0, 0.05) is 18.2 Å². The van der Waals surface area contributed by atoms with Gasteiger partial charge in [-0.2, -0.15) is 0 Å². The predicted octanol–water partition coefficient (Wildman–Crippen LogP) is 2.77. The van der Waals surface area contributed by atoms with Crippen LogP contribution in [-0.4, -0.2) is 28.5 Å². The van der Waals surface area contributed by atoms with Crippen LogP contribution in [-0.2, 0) is 0 Å². The van der Waals surface area contributed by atoms with Crippen molar-refractivity contribution in [2.45, 2.75) is 45.1 Å². The number of anilines is 1. The van der Waals surface area contributed by atoms with Gasteiger partial charge in [0.2, 0.25) is 0 Å². The average Bonchev–Trinajstić information content (AvgIpc) is 2.66. The van der Waals surface area contributed by atoms with Crippen molar-refractivity contribution < 1.29 is 9.90 Å². The van der Waals surface area contributed by atoms with Gasteiger partial charge in [-0.3, -0.25) is 4.79 Å². The van der Waals surface area contributed by atoms with Crippen LogP contribution in [0, 0.1) is 0 Å². The molecule has 1 unspecified atom stereocenters. The molecule has 0 radical (unpaired) electrons. The maximum atomic E-state index is 12.6. The topological polar surface area (TPSA) is 66.6 Å². The van der Waals surface area contributed by atoms with Crippen molar-refractivity contribution in [1.29, 1.82) is 0 Å². The lowest BCUT2D eigenvalue weighted by Gasteiger charge is -2.29. The molecule has 1 aromatic carbocycles. The summed E-state index contributed by atoms with van der Waals surface area (Å²) in [5, 5.41) is 9.63. The zero-order chi connectivity index (χ0) is 13.8. The van der Waals surface area contributed by atoms with Gasteiger partial charge in [0.15, 0.2) is 0 Å². The Morgan fingerprint density at radius 2 is 2.21 bits per heavy atom. The maximum Gasteiger partial charge on any atom is 0.254 e. The molecule has 1 atom stereocenters. The van der Waals surface area contributed by atoms with E-state index in [1.165, 1.54) is 18.9 Å². The number of carbonyl (C=O) groups is 1. The summed E-state index contributed by atoms with van der Waals surface area (Å²) in [6.45, 7) is 2.93. The lowest BCUT2D eigenvalue weighted by atomic mass is 10.1. The molecule has 1 saturated heterocycles. The lowest BCUT2D eigenvalue weighted by Crippen LogP contribution is -2.39. The van der Waals surface area contributed by atoms with Gasteiger partial charge in [-0.25, -0.2) is 0 Å². The number of nitrogen functional groups attached to an aromatic ring is 1. The zero-order valence-corrected chi connectivity index (χ0v) is 11.4. The molecule has 3 N–H and O–H groups in total. The Hall–Kier alpha value is -1.71. The fourth-order valence-electron chi connectivity index (χ4n) is 2.71. The number of nitrogens with two attached hydrogens (primary N) is 1. The van der Waals surface area contributed by atoms with Crippen LogP contribution in [0.25, 0.3) is 0 Å². The van der Waals surface area contributed by atoms with Crippen LogP contribution in [0.4, 0.5) is 5.69 Å². The first-order valence-corrected chi connectivity index (χ1v) is 7.03. The molecule has 0 spiro atoms. The number of rotatable bonds is 2. The summed E-state index contributed by atoms with van der Waals surface area (Å²) >= 11 is 0. The largest absolute Gasteiger partial charge is 0.506 e. The minimum absolute atomic E-state index is 0.00375. The van der Waals surface area contributed by atoms with E-state index in [1.54, 1.807) is 12.1 Å². The molecule has 1 aliphatic heterocycles. The van der Waals surface area contributed by atoms with E-state index >= 15 is 0 Å². The highest BCUT2D eigenvalue weighted by Crippen LogP contribution is 2.25. The third kappa shape index (κ3) is 3.00. The smallest absolute Gasteiger partial charge is 0.254 e. The number of amides is 1. The van der Waals surface area contributed by atoms with Crippen LogP contribution in [0.1, 0.15) is 49.4 Å². The van der Waals surface area contributed by atoms with Gasteiger partial charge in [0.05, 0.1) is 5.69 Å². The third-order valence-corrected chi connectivity index (χ3v) is 3.89. The minimum Gasteiger partial charge on any atom is -0.506 e. The van der Waals surface area contributed by atoms with Crippen molar-refractivity contribution >= 4 is 11.6 Å². The maximum absolute atomic E-state index is 12.6. The lowest BCUT2D eigenvalue weighted by molar-refractivity contribution is 0.0678. The van der Waals surface area contributed by atoms with Crippen LogP contribution in [0.15, 0.2) is 18.2 Å². The summed E-state index contributed by atoms with van der Waals surface area (Å²) in [6, 6.07) is 5.06. The van der Waals surface area contributed by atoms with Crippen molar-refractivity contribution in [3.63, 3.8) is 0 Å². The Morgan fingerprint density at radius 3 is 2.89 bits per heavy atom. The van der Waals surface area contributed by atoms with Crippen molar-refractivity contribution in [3.8, 4) is 5.75 Å².